The van der Waals surface area contributed by atoms with Gasteiger partial charge < -0.3 is 14.9 Å². The molecule has 0 bridgehead atoms. The molecular formula is C27H22FN5O4. The van der Waals surface area contributed by atoms with E-state index in [4.69, 9.17) is 9.51 Å². The molecule has 0 unspecified atom stereocenters. The Balaban J connectivity index is 1.60. The summed E-state index contributed by atoms with van der Waals surface area (Å²) in [5.74, 6) is -1.19. The third-order valence-electron chi connectivity index (χ3n) is 6.06. The Kier molecular flexibility index (Phi) is 6.00. The van der Waals surface area contributed by atoms with Crippen molar-refractivity contribution in [1.29, 1.82) is 0 Å². The van der Waals surface area contributed by atoms with Gasteiger partial charge in [-0.2, -0.15) is 0 Å². The van der Waals surface area contributed by atoms with Crippen LogP contribution in [-0.4, -0.2) is 30.6 Å². The fourth-order valence-electron chi connectivity index (χ4n) is 4.19. The Bertz CT molecular complexity index is 1710. The van der Waals surface area contributed by atoms with Crippen LogP contribution in [0, 0.1) is 19.7 Å². The SMILES string of the molecule is Cc1cc(-c2ccc(-c3nc4c([C@@H](C)Nc5ccccc5C(=O)O)cc(F)cn4c(=O)c3C)cn2)on1. The van der Waals surface area contributed by atoms with Crippen molar-refractivity contribution in [1.82, 2.24) is 19.5 Å². The van der Waals surface area contributed by atoms with Gasteiger partial charge in [-0.1, -0.05) is 17.3 Å². The first kappa shape index (κ1) is 23.9. The highest BCUT2D eigenvalue weighted by Gasteiger charge is 2.20. The van der Waals surface area contributed by atoms with E-state index in [9.17, 15) is 19.1 Å². The van der Waals surface area contributed by atoms with Crippen molar-refractivity contribution in [3.63, 3.8) is 0 Å². The number of aromatic nitrogens is 4. The molecule has 5 rings (SSSR count). The number of carboxylic acids is 1. The number of rotatable bonds is 6. The summed E-state index contributed by atoms with van der Waals surface area (Å²) in [5.41, 5.74) is 3.30. The van der Waals surface area contributed by atoms with Gasteiger partial charge in [0.25, 0.3) is 5.56 Å². The van der Waals surface area contributed by atoms with Crippen molar-refractivity contribution in [2.75, 3.05) is 5.32 Å². The molecule has 0 fully saturated rings. The number of nitrogens with zero attached hydrogens (tertiary/aromatic N) is 4. The van der Waals surface area contributed by atoms with Gasteiger partial charge >= 0.3 is 5.97 Å². The van der Waals surface area contributed by atoms with Crippen molar-refractivity contribution < 1.29 is 18.8 Å². The normalized spacial score (nSPS) is 12.0. The van der Waals surface area contributed by atoms with Crippen molar-refractivity contribution in [2.24, 2.45) is 0 Å². The molecule has 0 aliphatic rings. The van der Waals surface area contributed by atoms with E-state index in [1.54, 1.807) is 56.4 Å². The summed E-state index contributed by atoms with van der Waals surface area (Å²) in [6, 6.07) is 12.4. The molecule has 1 aromatic carbocycles. The molecule has 2 N–H and O–H groups in total. The lowest BCUT2D eigenvalue weighted by atomic mass is 10.1. The Morgan fingerprint density at radius 3 is 2.62 bits per heavy atom. The average molecular weight is 500 g/mol. The Morgan fingerprint density at radius 1 is 1.16 bits per heavy atom. The molecule has 0 radical (unpaired) electrons. The fraction of sp³-hybridized carbons (Fsp3) is 0.148. The van der Waals surface area contributed by atoms with Crippen LogP contribution in [0.5, 0.6) is 0 Å². The van der Waals surface area contributed by atoms with Crippen LogP contribution in [0.4, 0.5) is 10.1 Å². The van der Waals surface area contributed by atoms with Crippen LogP contribution in [0.2, 0.25) is 0 Å². The molecule has 0 saturated heterocycles. The first-order valence-corrected chi connectivity index (χ1v) is 11.4. The summed E-state index contributed by atoms with van der Waals surface area (Å²) in [5, 5.41) is 16.5. The van der Waals surface area contributed by atoms with Crippen LogP contribution >= 0.6 is 0 Å². The molecule has 10 heteroatoms. The minimum atomic E-state index is -1.09. The van der Waals surface area contributed by atoms with Gasteiger partial charge in [0, 0.05) is 40.8 Å². The highest BCUT2D eigenvalue weighted by atomic mass is 19.1. The summed E-state index contributed by atoms with van der Waals surface area (Å²) >= 11 is 0. The number of fused-ring (bicyclic) bond motifs is 1. The third kappa shape index (κ3) is 4.44. The Morgan fingerprint density at radius 2 is 1.95 bits per heavy atom. The van der Waals surface area contributed by atoms with Gasteiger partial charge in [-0.15, -0.1) is 0 Å². The van der Waals surface area contributed by atoms with E-state index in [1.807, 2.05) is 6.92 Å². The highest BCUT2D eigenvalue weighted by Crippen LogP contribution is 2.28. The van der Waals surface area contributed by atoms with Crippen LogP contribution < -0.4 is 10.9 Å². The lowest BCUT2D eigenvalue weighted by Gasteiger charge is -2.20. The van der Waals surface area contributed by atoms with E-state index < -0.39 is 23.4 Å². The van der Waals surface area contributed by atoms with Crippen LogP contribution in [0.15, 0.2) is 70.2 Å². The number of pyridine rings is 2. The lowest BCUT2D eigenvalue weighted by molar-refractivity contribution is 0.0698. The number of hydrogen-bond donors (Lipinski definition) is 2. The minimum absolute atomic E-state index is 0.0739. The van der Waals surface area contributed by atoms with Gasteiger partial charge in [-0.3, -0.25) is 14.2 Å². The summed E-state index contributed by atoms with van der Waals surface area (Å²) in [7, 11) is 0. The average Bonchev–Trinajstić information content (AvgIpc) is 3.32. The largest absolute Gasteiger partial charge is 0.478 e. The number of benzene rings is 1. The van der Waals surface area contributed by atoms with E-state index in [0.717, 1.165) is 11.9 Å². The second-order valence-corrected chi connectivity index (χ2v) is 8.68. The molecule has 37 heavy (non-hydrogen) atoms. The number of anilines is 1. The molecule has 186 valence electrons. The van der Waals surface area contributed by atoms with Crippen molar-refractivity contribution >= 4 is 17.3 Å². The van der Waals surface area contributed by atoms with E-state index in [1.165, 1.54) is 16.5 Å². The zero-order valence-corrected chi connectivity index (χ0v) is 20.2. The number of carbonyl (C=O) groups is 1. The molecule has 0 saturated carbocycles. The van der Waals surface area contributed by atoms with Gasteiger partial charge in [0.15, 0.2) is 5.76 Å². The third-order valence-corrected chi connectivity index (χ3v) is 6.06. The maximum atomic E-state index is 14.6. The summed E-state index contributed by atoms with van der Waals surface area (Å²) in [6.07, 6.45) is 2.68. The second-order valence-electron chi connectivity index (χ2n) is 8.68. The van der Waals surface area contributed by atoms with E-state index in [2.05, 4.69) is 15.5 Å². The smallest absolute Gasteiger partial charge is 0.337 e. The number of nitrogens with one attached hydrogen (secondary N) is 1. The zero-order valence-electron chi connectivity index (χ0n) is 20.2. The van der Waals surface area contributed by atoms with Gasteiger partial charge in [-0.25, -0.2) is 14.2 Å². The Labute approximate surface area is 210 Å². The summed E-state index contributed by atoms with van der Waals surface area (Å²) in [4.78, 5) is 34.1. The van der Waals surface area contributed by atoms with Crippen molar-refractivity contribution in [2.45, 2.75) is 26.8 Å². The lowest BCUT2D eigenvalue weighted by Crippen LogP contribution is -2.22. The minimum Gasteiger partial charge on any atom is -0.478 e. The molecular weight excluding hydrogens is 477 g/mol. The predicted octanol–water partition coefficient (Wildman–Crippen LogP) is 5.04. The molecule has 0 spiro atoms. The monoisotopic (exact) mass is 499 g/mol. The molecule has 4 aromatic heterocycles. The van der Waals surface area contributed by atoms with Crippen LogP contribution in [0.1, 0.15) is 40.1 Å². The Hall–Kier alpha value is -4.86. The van der Waals surface area contributed by atoms with Gasteiger partial charge in [0.2, 0.25) is 0 Å². The number of para-hydroxylation sites is 1. The highest BCUT2D eigenvalue weighted by molar-refractivity contribution is 5.94. The molecule has 0 aliphatic carbocycles. The number of aromatic carboxylic acids is 1. The van der Waals surface area contributed by atoms with Crippen LogP contribution in [0.3, 0.4) is 0 Å². The molecule has 9 nitrogen and oxygen atoms in total. The fourth-order valence-corrected chi connectivity index (χ4v) is 4.19. The second kappa shape index (κ2) is 9.30. The molecule has 0 amide bonds. The number of aryl methyl sites for hydroxylation is 1. The number of halogens is 1. The molecule has 4 heterocycles. The zero-order chi connectivity index (χ0) is 26.3. The van der Waals surface area contributed by atoms with E-state index in [-0.39, 0.29) is 11.2 Å². The number of carboxylic acid groups (broad SMARTS) is 1. The maximum Gasteiger partial charge on any atom is 0.337 e. The van der Waals surface area contributed by atoms with E-state index in [0.29, 0.717) is 39.5 Å². The first-order valence-electron chi connectivity index (χ1n) is 11.4. The van der Waals surface area contributed by atoms with Gasteiger partial charge in [0.05, 0.1) is 23.0 Å². The molecule has 0 aliphatic heterocycles. The summed E-state index contributed by atoms with van der Waals surface area (Å²) < 4.78 is 21.0. The van der Waals surface area contributed by atoms with Crippen LogP contribution in [0.25, 0.3) is 28.4 Å². The van der Waals surface area contributed by atoms with Crippen LogP contribution in [-0.2, 0) is 0 Å². The van der Waals surface area contributed by atoms with Crippen molar-refractivity contribution in [3.05, 3.63) is 99.5 Å². The number of hydrogen-bond acceptors (Lipinski definition) is 7. The van der Waals surface area contributed by atoms with Crippen molar-refractivity contribution in [3.8, 4) is 22.7 Å². The molecule has 1 atom stereocenters. The topological polar surface area (TPSA) is 123 Å². The quantitative estimate of drug-likeness (QED) is 0.333. The predicted molar refractivity (Wildman–Crippen MR) is 135 cm³/mol. The standard InChI is InChI=1S/C27H22FN5O4/c1-14-10-23(37-32-14)22-9-8-17(12-29-22)24-15(2)26(34)33-13-18(28)11-20(25(33)31-24)16(3)30-21-7-5-4-6-19(21)27(35)36/h4-13,16,30H,1-3H3,(H,35,36)/t16-/m1/s1. The maximum absolute atomic E-state index is 14.6. The molecule has 5 aromatic rings. The summed E-state index contributed by atoms with van der Waals surface area (Å²) in [6.45, 7) is 5.18. The van der Waals surface area contributed by atoms with Gasteiger partial charge in [-0.05, 0) is 51.1 Å². The van der Waals surface area contributed by atoms with E-state index >= 15 is 0 Å². The van der Waals surface area contributed by atoms with Gasteiger partial charge in [0.1, 0.15) is 17.2 Å². The first-order chi connectivity index (χ1) is 17.7.